The molecule has 1 heterocycles. The number of quaternary nitrogens is 1. The summed E-state index contributed by atoms with van der Waals surface area (Å²) >= 11 is 0. The SMILES string of the molecule is Cc1ccc(NC(=O)[C@H](c2ccccc2)[NH+]2C[C@@H](C)O[C@H](C)C2)cc1. The van der Waals surface area contributed by atoms with Crippen LogP contribution in [0, 0.1) is 6.92 Å². The zero-order chi connectivity index (χ0) is 17.8. The molecule has 2 N–H and O–H groups in total. The lowest BCUT2D eigenvalue weighted by Gasteiger charge is -2.36. The van der Waals surface area contributed by atoms with Crippen LogP contribution >= 0.6 is 0 Å². The first kappa shape index (κ1) is 17.6. The van der Waals surface area contributed by atoms with Gasteiger partial charge < -0.3 is 15.0 Å². The number of rotatable bonds is 4. The third-order valence-corrected chi connectivity index (χ3v) is 4.69. The second kappa shape index (κ2) is 7.81. The van der Waals surface area contributed by atoms with E-state index in [-0.39, 0.29) is 24.2 Å². The van der Waals surface area contributed by atoms with Gasteiger partial charge >= 0.3 is 0 Å². The van der Waals surface area contributed by atoms with Crippen molar-refractivity contribution in [1.82, 2.24) is 0 Å². The van der Waals surface area contributed by atoms with Crippen molar-refractivity contribution in [2.75, 3.05) is 18.4 Å². The normalized spacial score (nSPS) is 24.5. The summed E-state index contributed by atoms with van der Waals surface area (Å²) in [5.74, 6) is 0.0337. The molecule has 0 radical (unpaired) electrons. The first-order valence-corrected chi connectivity index (χ1v) is 8.95. The zero-order valence-electron chi connectivity index (χ0n) is 15.2. The number of hydrogen-bond acceptors (Lipinski definition) is 2. The van der Waals surface area contributed by atoms with Crippen molar-refractivity contribution in [3.05, 3.63) is 65.7 Å². The molecule has 0 unspecified atom stereocenters. The Balaban J connectivity index is 1.85. The van der Waals surface area contributed by atoms with E-state index in [2.05, 4.69) is 19.2 Å². The van der Waals surface area contributed by atoms with Crippen molar-refractivity contribution in [3.63, 3.8) is 0 Å². The highest BCUT2D eigenvalue weighted by atomic mass is 16.5. The predicted molar refractivity (Wildman–Crippen MR) is 99.7 cm³/mol. The molecule has 4 heteroatoms. The lowest BCUT2D eigenvalue weighted by atomic mass is 10.0. The van der Waals surface area contributed by atoms with Crippen LogP contribution in [0.15, 0.2) is 54.6 Å². The number of carbonyl (C=O) groups excluding carboxylic acids is 1. The average Bonchev–Trinajstić information content (AvgIpc) is 2.57. The van der Waals surface area contributed by atoms with Gasteiger partial charge in [0.25, 0.3) is 5.91 Å². The monoisotopic (exact) mass is 339 g/mol. The highest BCUT2D eigenvalue weighted by molar-refractivity contribution is 5.94. The fourth-order valence-electron chi connectivity index (χ4n) is 3.62. The van der Waals surface area contributed by atoms with E-state index in [0.717, 1.165) is 24.3 Å². The number of nitrogens with one attached hydrogen (secondary N) is 2. The Morgan fingerprint density at radius 2 is 1.64 bits per heavy atom. The Bertz CT molecular complexity index is 690. The van der Waals surface area contributed by atoms with Gasteiger partial charge in [-0.15, -0.1) is 0 Å². The maximum Gasteiger partial charge on any atom is 0.287 e. The molecular formula is C21H27N2O2+. The molecule has 0 aliphatic carbocycles. The molecule has 4 nitrogen and oxygen atoms in total. The van der Waals surface area contributed by atoms with Crippen LogP contribution in [-0.4, -0.2) is 31.2 Å². The van der Waals surface area contributed by atoms with Gasteiger partial charge in [0.1, 0.15) is 25.3 Å². The molecule has 2 aromatic carbocycles. The maximum atomic E-state index is 13.1. The Kier molecular flexibility index (Phi) is 5.51. The first-order valence-electron chi connectivity index (χ1n) is 8.95. The fraction of sp³-hybridized carbons (Fsp3) is 0.381. The van der Waals surface area contributed by atoms with Crippen LogP contribution in [-0.2, 0) is 9.53 Å². The molecule has 1 fully saturated rings. The topological polar surface area (TPSA) is 42.8 Å². The molecule has 2 aromatic rings. The number of aryl methyl sites for hydroxylation is 1. The number of morpholine rings is 1. The van der Waals surface area contributed by atoms with Gasteiger partial charge in [-0.25, -0.2) is 0 Å². The van der Waals surface area contributed by atoms with E-state index < -0.39 is 0 Å². The molecule has 0 saturated carbocycles. The van der Waals surface area contributed by atoms with Crippen molar-refractivity contribution in [2.24, 2.45) is 0 Å². The summed E-state index contributed by atoms with van der Waals surface area (Å²) in [5, 5.41) is 3.09. The minimum Gasteiger partial charge on any atom is -0.364 e. The van der Waals surface area contributed by atoms with Crippen LogP contribution < -0.4 is 10.2 Å². The van der Waals surface area contributed by atoms with Crippen LogP contribution in [0.5, 0.6) is 0 Å². The van der Waals surface area contributed by atoms with E-state index in [1.54, 1.807) is 0 Å². The van der Waals surface area contributed by atoms with Gasteiger partial charge in [-0.05, 0) is 32.9 Å². The van der Waals surface area contributed by atoms with E-state index in [1.807, 2.05) is 61.5 Å². The summed E-state index contributed by atoms with van der Waals surface area (Å²) < 4.78 is 5.86. The van der Waals surface area contributed by atoms with Gasteiger partial charge in [0.2, 0.25) is 0 Å². The first-order chi connectivity index (χ1) is 12.0. The van der Waals surface area contributed by atoms with Gasteiger partial charge in [0.05, 0.1) is 0 Å². The Morgan fingerprint density at radius 3 is 2.24 bits per heavy atom. The zero-order valence-corrected chi connectivity index (χ0v) is 15.2. The van der Waals surface area contributed by atoms with E-state index in [9.17, 15) is 4.79 Å². The fourth-order valence-corrected chi connectivity index (χ4v) is 3.62. The largest absolute Gasteiger partial charge is 0.364 e. The summed E-state index contributed by atoms with van der Waals surface area (Å²) in [7, 11) is 0. The van der Waals surface area contributed by atoms with E-state index in [4.69, 9.17) is 4.74 Å². The third kappa shape index (κ3) is 4.47. The summed E-state index contributed by atoms with van der Waals surface area (Å²) in [6.45, 7) is 7.85. The van der Waals surface area contributed by atoms with Crippen LogP contribution in [0.1, 0.15) is 31.0 Å². The maximum absolute atomic E-state index is 13.1. The Labute approximate surface area is 149 Å². The Morgan fingerprint density at radius 1 is 1.04 bits per heavy atom. The number of benzene rings is 2. The highest BCUT2D eigenvalue weighted by Gasteiger charge is 2.37. The predicted octanol–water partition coefficient (Wildman–Crippen LogP) is 2.37. The van der Waals surface area contributed by atoms with Crippen LogP contribution in [0.2, 0.25) is 0 Å². The molecular weight excluding hydrogens is 312 g/mol. The van der Waals surface area contributed by atoms with Gasteiger partial charge in [-0.3, -0.25) is 4.79 Å². The molecule has 1 aliphatic heterocycles. The number of ether oxygens (including phenoxy) is 1. The number of carbonyl (C=O) groups is 1. The molecule has 25 heavy (non-hydrogen) atoms. The minimum absolute atomic E-state index is 0.0337. The number of hydrogen-bond donors (Lipinski definition) is 2. The number of amides is 1. The molecule has 3 atom stereocenters. The van der Waals surface area contributed by atoms with Gasteiger partial charge in [0.15, 0.2) is 6.04 Å². The van der Waals surface area contributed by atoms with Crippen molar-refractivity contribution >= 4 is 11.6 Å². The standard InChI is InChI=1S/C21H26N2O2/c1-15-9-11-19(12-10-15)22-21(24)20(18-7-5-4-6-8-18)23-13-16(2)25-17(3)14-23/h4-12,16-17,20H,13-14H2,1-3H3,(H,22,24)/p+1/t16-,17-,20+/m1/s1. The van der Waals surface area contributed by atoms with E-state index in [1.165, 1.54) is 10.5 Å². The van der Waals surface area contributed by atoms with Crippen molar-refractivity contribution < 1.29 is 14.4 Å². The number of anilines is 1. The summed E-state index contributed by atoms with van der Waals surface area (Å²) in [6.07, 6.45) is 0.300. The Hall–Kier alpha value is -2.17. The lowest BCUT2D eigenvalue weighted by molar-refractivity contribution is -0.936. The summed E-state index contributed by atoms with van der Waals surface area (Å²) in [4.78, 5) is 14.4. The summed E-state index contributed by atoms with van der Waals surface area (Å²) in [5.41, 5.74) is 3.06. The van der Waals surface area contributed by atoms with Crippen molar-refractivity contribution in [1.29, 1.82) is 0 Å². The van der Waals surface area contributed by atoms with Crippen molar-refractivity contribution in [2.45, 2.75) is 39.0 Å². The smallest absolute Gasteiger partial charge is 0.287 e. The van der Waals surface area contributed by atoms with E-state index >= 15 is 0 Å². The molecule has 0 bridgehead atoms. The molecule has 1 saturated heterocycles. The minimum atomic E-state index is -0.240. The van der Waals surface area contributed by atoms with Crippen LogP contribution in [0.4, 0.5) is 5.69 Å². The highest BCUT2D eigenvalue weighted by Crippen LogP contribution is 2.16. The second-order valence-corrected chi connectivity index (χ2v) is 7.02. The van der Waals surface area contributed by atoms with Gasteiger partial charge in [-0.2, -0.15) is 0 Å². The molecule has 3 rings (SSSR count). The quantitative estimate of drug-likeness (QED) is 0.898. The molecule has 0 aromatic heterocycles. The third-order valence-electron chi connectivity index (χ3n) is 4.69. The molecule has 1 aliphatic rings. The molecule has 132 valence electrons. The van der Waals surface area contributed by atoms with Crippen LogP contribution in [0.3, 0.4) is 0 Å². The lowest BCUT2D eigenvalue weighted by Crippen LogP contribution is -3.16. The van der Waals surface area contributed by atoms with Gasteiger partial charge in [-0.1, -0.05) is 48.0 Å². The van der Waals surface area contributed by atoms with Crippen molar-refractivity contribution in [3.8, 4) is 0 Å². The summed E-state index contributed by atoms with van der Waals surface area (Å²) in [6, 6.07) is 17.7. The molecule has 0 spiro atoms. The average molecular weight is 339 g/mol. The molecule has 1 amide bonds. The van der Waals surface area contributed by atoms with Crippen LogP contribution in [0.25, 0.3) is 0 Å². The van der Waals surface area contributed by atoms with E-state index in [0.29, 0.717) is 0 Å². The second-order valence-electron chi connectivity index (χ2n) is 7.02. The van der Waals surface area contributed by atoms with Gasteiger partial charge in [0, 0.05) is 11.3 Å².